The number of halogens is 2. The summed E-state index contributed by atoms with van der Waals surface area (Å²) in [6, 6.07) is 7.68. The average Bonchev–Trinajstić information content (AvgIpc) is 3.07. The zero-order valence-corrected chi connectivity index (χ0v) is 13.6. The molecule has 118 valence electrons. The van der Waals surface area contributed by atoms with Crippen molar-refractivity contribution in [3.05, 3.63) is 29.8 Å². The van der Waals surface area contributed by atoms with E-state index in [2.05, 4.69) is 0 Å². The third kappa shape index (κ3) is 5.64. The molecule has 21 heavy (non-hydrogen) atoms. The number of hydrogen-bond donors (Lipinski definition) is 2. The highest BCUT2D eigenvalue weighted by molar-refractivity contribution is 6.50. The molecule has 6 heteroatoms. The fraction of sp³-hybridized carbons (Fsp3) is 0.600. The molecule has 2 atom stereocenters. The molecule has 0 spiro atoms. The van der Waals surface area contributed by atoms with E-state index in [9.17, 15) is 5.11 Å². The maximum atomic E-state index is 9.83. The van der Waals surface area contributed by atoms with Crippen LogP contribution in [0.5, 0.6) is 5.75 Å². The number of benzene rings is 1. The molecule has 0 saturated heterocycles. The molecule has 0 aliphatic heterocycles. The van der Waals surface area contributed by atoms with Crippen molar-refractivity contribution >= 4 is 23.2 Å². The van der Waals surface area contributed by atoms with Gasteiger partial charge in [-0.1, -0.05) is 12.1 Å². The summed E-state index contributed by atoms with van der Waals surface area (Å²) in [5.41, 5.74) is 1.05. The van der Waals surface area contributed by atoms with Gasteiger partial charge in [0.1, 0.15) is 22.7 Å². The molecule has 1 aromatic carbocycles. The van der Waals surface area contributed by atoms with Crippen molar-refractivity contribution in [3.8, 4) is 5.75 Å². The van der Waals surface area contributed by atoms with Crippen LogP contribution in [0.3, 0.4) is 0 Å². The lowest BCUT2D eigenvalue weighted by molar-refractivity contribution is -0.663. The molecule has 0 aromatic heterocycles. The summed E-state index contributed by atoms with van der Waals surface area (Å²) in [6.45, 7) is 2.25. The Morgan fingerprint density at radius 2 is 2.05 bits per heavy atom. The first kappa shape index (κ1) is 16.8. The quantitative estimate of drug-likeness (QED) is 0.670. The molecule has 1 fully saturated rings. The van der Waals surface area contributed by atoms with Crippen molar-refractivity contribution in [2.45, 2.75) is 23.5 Å². The molecule has 2 rings (SSSR count). The van der Waals surface area contributed by atoms with Crippen LogP contribution in [-0.4, -0.2) is 42.4 Å². The number of rotatable bonds is 9. The van der Waals surface area contributed by atoms with E-state index in [0.717, 1.165) is 24.3 Å². The van der Waals surface area contributed by atoms with Crippen molar-refractivity contribution in [2.75, 3.05) is 26.8 Å². The number of aliphatic hydroxyl groups is 1. The van der Waals surface area contributed by atoms with E-state index in [4.69, 9.17) is 32.7 Å². The van der Waals surface area contributed by atoms with Gasteiger partial charge < -0.3 is 19.9 Å². The maximum absolute atomic E-state index is 9.83. The minimum Gasteiger partial charge on any atom is -0.497 e. The summed E-state index contributed by atoms with van der Waals surface area (Å²) in [7, 11) is 1.64. The van der Waals surface area contributed by atoms with E-state index in [1.54, 1.807) is 7.11 Å². The molecular formula is C15H22Cl2NO3+. The number of alkyl halides is 2. The molecule has 1 aliphatic rings. The lowest BCUT2D eigenvalue weighted by Gasteiger charge is -2.11. The lowest BCUT2D eigenvalue weighted by Crippen LogP contribution is -2.87. The van der Waals surface area contributed by atoms with Gasteiger partial charge in [0.15, 0.2) is 0 Å². The smallest absolute Gasteiger partial charge is 0.127 e. The summed E-state index contributed by atoms with van der Waals surface area (Å²) in [6.07, 6.45) is 0.360. The van der Waals surface area contributed by atoms with Gasteiger partial charge in [-0.3, -0.25) is 0 Å². The first-order valence-electron chi connectivity index (χ1n) is 7.09. The molecule has 0 unspecified atom stereocenters. The highest BCUT2D eigenvalue weighted by Gasteiger charge is 2.52. The van der Waals surface area contributed by atoms with Gasteiger partial charge in [0.2, 0.25) is 0 Å². The van der Waals surface area contributed by atoms with E-state index in [-0.39, 0.29) is 0 Å². The number of nitrogens with two attached hydrogens (primary N) is 1. The summed E-state index contributed by atoms with van der Waals surface area (Å²) in [4.78, 5) is 0. The number of aliphatic hydroxyl groups excluding tert-OH is 1. The second-order valence-corrected chi connectivity index (χ2v) is 6.98. The molecule has 1 saturated carbocycles. The highest BCUT2D eigenvalue weighted by atomic mass is 35.5. The van der Waals surface area contributed by atoms with Crippen LogP contribution in [0.1, 0.15) is 12.0 Å². The van der Waals surface area contributed by atoms with E-state index >= 15 is 0 Å². The Kier molecular flexibility index (Phi) is 6.14. The van der Waals surface area contributed by atoms with Gasteiger partial charge in [0, 0.05) is 5.92 Å². The Hall–Kier alpha value is -0.520. The summed E-state index contributed by atoms with van der Waals surface area (Å²) >= 11 is 11.9. The Labute approximate surface area is 135 Å². The molecule has 0 amide bonds. The molecule has 0 heterocycles. The maximum Gasteiger partial charge on any atom is 0.127 e. The van der Waals surface area contributed by atoms with Gasteiger partial charge in [-0.15, -0.1) is 23.2 Å². The van der Waals surface area contributed by atoms with Crippen LogP contribution in [0.4, 0.5) is 0 Å². The zero-order chi connectivity index (χ0) is 15.3. The fourth-order valence-corrected chi connectivity index (χ4v) is 2.67. The second-order valence-electron chi connectivity index (χ2n) is 5.44. The van der Waals surface area contributed by atoms with Gasteiger partial charge in [-0.25, -0.2) is 0 Å². The minimum atomic E-state index is -0.535. The predicted octanol–water partition coefficient (Wildman–Crippen LogP) is 1.33. The second kappa shape index (κ2) is 7.65. The molecule has 1 aromatic rings. The van der Waals surface area contributed by atoms with Gasteiger partial charge in [0.05, 0.1) is 26.9 Å². The summed E-state index contributed by atoms with van der Waals surface area (Å²) in [5.74, 6) is 1.16. The van der Waals surface area contributed by atoms with Crippen molar-refractivity contribution < 1.29 is 19.9 Å². The Balaban J connectivity index is 1.55. The van der Waals surface area contributed by atoms with Crippen LogP contribution in [-0.2, 0) is 11.3 Å². The third-order valence-corrected chi connectivity index (χ3v) is 4.51. The van der Waals surface area contributed by atoms with E-state index in [0.29, 0.717) is 25.7 Å². The first-order valence-corrected chi connectivity index (χ1v) is 7.85. The number of methoxy groups -OCH3 is 1. The van der Waals surface area contributed by atoms with Gasteiger partial charge in [0.25, 0.3) is 0 Å². The molecule has 3 N–H and O–H groups in total. The third-order valence-electron chi connectivity index (χ3n) is 3.58. The standard InChI is InChI=1S/C15H21Cl2NO3/c1-20-14-4-2-11(3-5-14)9-21-10-13(19)8-18-7-12-6-15(12,16)17/h2-5,12-13,18-19H,6-10H2,1H3/p+1/t12-,13+/m0/s1. The molecule has 4 nitrogen and oxygen atoms in total. The molecule has 0 radical (unpaired) electrons. The SMILES string of the molecule is COc1ccc(COC[C@H](O)C[NH2+]C[C@@H]2CC2(Cl)Cl)cc1. The van der Waals surface area contributed by atoms with Crippen LogP contribution in [0.15, 0.2) is 24.3 Å². The van der Waals surface area contributed by atoms with Crippen LogP contribution in [0.25, 0.3) is 0 Å². The lowest BCUT2D eigenvalue weighted by atomic mass is 10.2. The molecule has 0 bridgehead atoms. The first-order chi connectivity index (χ1) is 10.0. The zero-order valence-electron chi connectivity index (χ0n) is 12.1. The number of ether oxygens (including phenoxy) is 2. The van der Waals surface area contributed by atoms with Crippen LogP contribution < -0.4 is 10.1 Å². The van der Waals surface area contributed by atoms with Crippen molar-refractivity contribution in [1.82, 2.24) is 0 Å². The minimum absolute atomic E-state index is 0.320. The van der Waals surface area contributed by atoms with E-state index in [1.807, 2.05) is 29.6 Å². The number of quaternary nitrogens is 1. The normalized spacial score (nSPS) is 21.0. The highest BCUT2D eigenvalue weighted by Crippen LogP contribution is 2.52. The number of hydrogen-bond acceptors (Lipinski definition) is 3. The topological polar surface area (TPSA) is 55.3 Å². The molecular weight excluding hydrogens is 313 g/mol. The average molecular weight is 335 g/mol. The van der Waals surface area contributed by atoms with Gasteiger partial charge in [-0.05, 0) is 24.1 Å². The van der Waals surface area contributed by atoms with Crippen LogP contribution in [0, 0.1) is 5.92 Å². The Morgan fingerprint density at radius 1 is 1.38 bits per heavy atom. The van der Waals surface area contributed by atoms with Gasteiger partial charge >= 0.3 is 0 Å². The van der Waals surface area contributed by atoms with Crippen molar-refractivity contribution in [2.24, 2.45) is 5.92 Å². The Bertz CT molecular complexity index is 439. The van der Waals surface area contributed by atoms with E-state index in [1.165, 1.54) is 0 Å². The van der Waals surface area contributed by atoms with Gasteiger partial charge in [-0.2, -0.15) is 0 Å². The largest absolute Gasteiger partial charge is 0.497 e. The summed E-state index contributed by atoms with van der Waals surface area (Å²) < 4.78 is 10.1. The summed E-state index contributed by atoms with van der Waals surface area (Å²) in [5, 5.41) is 11.9. The van der Waals surface area contributed by atoms with Crippen LogP contribution >= 0.6 is 23.2 Å². The fourth-order valence-electron chi connectivity index (χ4n) is 2.12. The van der Waals surface area contributed by atoms with E-state index < -0.39 is 10.4 Å². The molecule has 1 aliphatic carbocycles. The van der Waals surface area contributed by atoms with Crippen molar-refractivity contribution in [1.29, 1.82) is 0 Å². The monoisotopic (exact) mass is 334 g/mol. The van der Waals surface area contributed by atoms with Crippen molar-refractivity contribution in [3.63, 3.8) is 0 Å². The predicted molar refractivity (Wildman–Crippen MR) is 82.9 cm³/mol. The Morgan fingerprint density at radius 3 is 2.62 bits per heavy atom. The van der Waals surface area contributed by atoms with Crippen LogP contribution in [0.2, 0.25) is 0 Å².